The summed E-state index contributed by atoms with van der Waals surface area (Å²) in [5.74, 6) is -3.17. The number of benzene rings is 2. The third-order valence-electron chi connectivity index (χ3n) is 5.83. The van der Waals surface area contributed by atoms with E-state index in [4.69, 9.17) is 14.9 Å². The van der Waals surface area contributed by atoms with Crippen LogP contribution in [-0.2, 0) is 9.59 Å². The molecule has 0 radical (unpaired) electrons. The summed E-state index contributed by atoms with van der Waals surface area (Å²) in [6, 6.07) is 10.6. The van der Waals surface area contributed by atoms with Crippen molar-refractivity contribution in [2.75, 3.05) is 7.11 Å². The number of nitrogens with one attached hydrogen (secondary N) is 2. The first-order chi connectivity index (χ1) is 16.2. The minimum absolute atomic E-state index is 0.255. The number of methoxy groups -OCH3 is 1. The average Bonchev–Trinajstić information content (AvgIpc) is 3.41. The molecule has 176 valence electrons. The van der Waals surface area contributed by atoms with E-state index in [1.165, 1.54) is 19.2 Å². The number of primary amides is 1. The van der Waals surface area contributed by atoms with E-state index in [0.29, 0.717) is 11.3 Å². The summed E-state index contributed by atoms with van der Waals surface area (Å²) in [7, 11) is 1.42. The van der Waals surface area contributed by atoms with Crippen molar-refractivity contribution >= 4 is 28.5 Å². The Morgan fingerprint density at radius 2 is 1.91 bits per heavy atom. The summed E-state index contributed by atoms with van der Waals surface area (Å²) >= 11 is 0. The summed E-state index contributed by atoms with van der Waals surface area (Å²) < 4.78 is 52.8. The molecule has 1 aromatic heterocycles. The van der Waals surface area contributed by atoms with Gasteiger partial charge in [0, 0.05) is 0 Å². The van der Waals surface area contributed by atoms with Crippen molar-refractivity contribution in [3.05, 3.63) is 65.7 Å². The molecule has 3 aromatic rings. The normalized spacial score (nSPS) is 22.6. The van der Waals surface area contributed by atoms with Crippen molar-refractivity contribution in [1.82, 2.24) is 20.7 Å². The van der Waals surface area contributed by atoms with Gasteiger partial charge in [0.05, 0.1) is 13.0 Å². The third kappa shape index (κ3) is 3.34. The molecule has 9 nitrogen and oxygen atoms in total. The van der Waals surface area contributed by atoms with E-state index in [0.717, 1.165) is 5.01 Å². The molecular formula is C22H18F3N5O4. The Hall–Kier alpha value is -4.06. The number of nitrogens with zero attached hydrogens (tertiary/aromatic N) is 2. The van der Waals surface area contributed by atoms with Gasteiger partial charge in [-0.3, -0.25) is 9.59 Å². The fraction of sp³-hybridized carbons (Fsp3) is 0.227. The number of aromatic nitrogens is 1. The molecule has 4 N–H and O–H groups in total. The van der Waals surface area contributed by atoms with Crippen LogP contribution in [0.3, 0.4) is 0 Å². The molecule has 34 heavy (non-hydrogen) atoms. The standard InChI is InChI=1S/C22H18F3N5O4/c1-33-11-8-5-9-12-15(11)28-20(34-12)14-16(18(26)31)27-19-13(10-6-3-2-4-7-10)17(22(23,24)25)29-30(19)21(14)32/h2-9,13,17,19,27,29H,1H3,(H2,26,31). The van der Waals surface area contributed by atoms with E-state index in [1.54, 1.807) is 36.4 Å². The maximum Gasteiger partial charge on any atom is 0.406 e. The highest BCUT2D eigenvalue weighted by Crippen LogP contribution is 2.42. The number of hydrogen-bond donors (Lipinski definition) is 3. The van der Waals surface area contributed by atoms with E-state index in [2.05, 4.69) is 15.7 Å². The van der Waals surface area contributed by atoms with Crippen molar-refractivity contribution in [1.29, 1.82) is 0 Å². The molecule has 2 amide bonds. The van der Waals surface area contributed by atoms with Crippen LogP contribution in [0.4, 0.5) is 13.2 Å². The third-order valence-corrected chi connectivity index (χ3v) is 5.83. The molecule has 2 aliphatic heterocycles. The number of halogens is 3. The van der Waals surface area contributed by atoms with Crippen molar-refractivity contribution < 1.29 is 31.9 Å². The van der Waals surface area contributed by atoms with Gasteiger partial charge in [0.25, 0.3) is 11.8 Å². The molecule has 0 bridgehead atoms. The molecule has 3 heterocycles. The van der Waals surface area contributed by atoms with Gasteiger partial charge >= 0.3 is 6.18 Å². The maximum atomic E-state index is 14.0. The predicted octanol–water partition coefficient (Wildman–Crippen LogP) is 2.02. The summed E-state index contributed by atoms with van der Waals surface area (Å²) in [6.45, 7) is 0. The number of para-hydroxylation sites is 1. The fourth-order valence-electron chi connectivity index (χ4n) is 4.35. The van der Waals surface area contributed by atoms with E-state index < -0.39 is 36.1 Å². The van der Waals surface area contributed by atoms with E-state index in [9.17, 15) is 22.8 Å². The van der Waals surface area contributed by atoms with Crippen LogP contribution >= 0.6 is 0 Å². The highest BCUT2D eigenvalue weighted by atomic mass is 19.4. The quantitative estimate of drug-likeness (QED) is 0.530. The summed E-state index contributed by atoms with van der Waals surface area (Å²) in [5.41, 5.74) is 7.87. The smallest absolute Gasteiger partial charge is 0.406 e. The molecule has 3 atom stereocenters. The minimum atomic E-state index is -4.70. The second kappa shape index (κ2) is 7.76. The van der Waals surface area contributed by atoms with E-state index >= 15 is 0 Å². The highest BCUT2D eigenvalue weighted by molar-refractivity contribution is 6.25. The maximum absolute atomic E-state index is 14.0. The Labute approximate surface area is 190 Å². The Balaban J connectivity index is 1.65. The molecular weight excluding hydrogens is 455 g/mol. The second-order valence-electron chi connectivity index (χ2n) is 7.79. The lowest BCUT2D eigenvalue weighted by atomic mass is 9.89. The molecule has 0 spiro atoms. The molecule has 2 aromatic carbocycles. The topological polar surface area (TPSA) is 123 Å². The fourth-order valence-corrected chi connectivity index (χ4v) is 4.35. The number of alkyl halides is 3. The monoisotopic (exact) mass is 473 g/mol. The van der Waals surface area contributed by atoms with Crippen LogP contribution in [0.15, 0.2) is 58.6 Å². The van der Waals surface area contributed by atoms with Crippen molar-refractivity contribution in [3.8, 4) is 5.75 Å². The van der Waals surface area contributed by atoms with Gasteiger partial charge in [0.15, 0.2) is 11.1 Å². The Morgan fingerprint density at radius 3 is 2.56 bits per heavy atom. The SMILES string of the molecule is COc1cccc2oc(C3=C(C(N)=O)NC4C(c5ccccc5)C(C(F)(F)F)NN4C3=O)nc12. The molecule has 2 aliphatic rings. The first-order valence-electron chi connectivity index (χ1n) is 10.2. The van der Waals surface area contributed by atoms with Crippen LogP contribution in [-0.4, -0.2) is 47.3 Å². The number of nitrogens with two attached hydrogens (primary N) is 1. The Kier molecular flexibility index (Phi) is 4.97. The van der Waals surface area contributed by atoms with Gasteiger partial charge in [0.1, 0.15) is 29.2 Å². The first-order valence-corrected chi connectivity index (χ1v) is 10.2. The number of carbonyl (C=O) groups excluding carboxylic acids is 2. The second-order valence-corrected chi connectivity index (χ2v) is 7.79. The van der Waals surface area contributed by atoms with Gasteiger partial charge in [-0.25, -0.2) is 15.4 Å². The number of ether oxygens (including phenoxy) is 1. The molecule has 0 aliphatic carbocycles. The Morgan fingerprint density at radius 1 is 1.18 bits per heavy atom. The minimum Gasteiger partial charge on any atom is -0.494 e. The van der Waals surface area contributed by atoms with E-state index in [-0.39, 0.29) is 28.3 Å². The largest absolute Gasteiger partial charge is 0.494 e. The molecule has 1 fully saturated rings. The highest BCUT2D eigenvalue weighted by Gasteiger charge is 2.58. The number of fused-ring (bicyclic) bond motifs is 2. The van der Waals surface area contributed by atoms with Gasteiger partial charge in [-0.2, -0.15) is 13.2 Å². The molecule has 3 unspecified atom stereocenters. The zero-order valence-electron chi connectivity index (χ0n) is 17.6. The van der Waals surface area contributed by atoms with Crippen LogP contribution in [0.25, 0.3) is 16.7 Å². The van der Waals surface area contributed by atoms with Gasteiger partial charge in [-0.05, 0) is 17.7 Å². The average molecular weight is 473 g/mol. The lowest BCUT2D eigenvalue weighted by Gasteiger charge is -2.34. The van der Waals surface area contributed by atoms with Gasteiger partial charge < -0.3 is 20.2 Å². The summed E-state index contributed by atoms with van der Waals surface area (Å²) in [6.07, 6.45) is -5.94. The molecule has 5 rings (SSSR count). The van der Waals surface area contributed by atoms with Crippen molar-refractivity contribution in [2.24, 2.45) is 5.73 Å². The number of oxazole rings is 1. The first kappa shape index (κ1) is 21.8. The van der Waals surface area contributed by atoms with E-state index in [1.807, 2.05) is 0 Å². The van der Waals surface area contributed by atoms with Crippen molar-refractivity contribution in [3.63, 3.8) is 0 Å². The summed E-state index contributed by atoms with van der Waals surface area (Å²) in [4.78, 5) is 30.0. The summed E-state index contributed by atoms with van der Waals surface area (Å²) in [5, 5.41) is 3.54. The van der Waals surface area contributed by atoms with Crippen LogP contribution in [0.5, 0.6) is 5.75 Å². The van der Waals surface area contributed by atoms with Crippen LogP contribution < -0.4 is 21.2 Å². The van der Waals surface area contributed by atoms with Gasteiger partial charge in [-0.15, -0.1) is 0 Å². The van der Waals surface area contributed by atoms with Gasteiger partial charge in [-0.1, -0.05) is 36.4 Å². The number of amides is 2. The zero-order chi connectivity index (χ0) is 24.2. The number of carbonyl (C=O) groups is 2. The zero-order valence-corrected chi connectivity index (χ0v) is 17.6. The Bertz CT molecular complexity index is 1320. The van der Waals surface area contributed by atoms with Crippen LogP contribution in [0, 0.1) is 0 Å². The molecule has 1 saturated heterocycles. The van der Waals surface area contributed by atoms with Crippen LogP contribution in [0.2, 0.25) is 0 Å². The van der Waals surface area contributed by atoms with Crippen LogP contribution in [0.1, 0.15) is 17.4 Å². The lowest BCUT2D eigenvalue weighted by molar-refractivity contribution is -0.161. The molecule has 12 heteroatoms. The predicted molar refractivity (Wildman–Crippen MR) is 113 cm³/mol. The molecule has 0 saturated carbocycles. The number of rotatable bonds is 4. The number of hydrazine groups is 1. The van der Waals surface area contributed by atoms with Crippen molar-refractivity contribution in [2.45, 2.75) is 24.3 Å². The lowest BCUT2D eigenvalue weighted by Crippen LogP contribution is -2.56. The van der Waals surface area contributed by atoms with Gasteiger partial charge in [0.2, 0.25) is 5.89 Å². The number of hydrogen-bond acceptors (Lipinski definition) is 7.